The molecule has 0 fully saturated rings. The summed E-state index contributed by atoms with van der Waals surface area (Å²) in [7, 11) is 1.24. The quantitative estimate of drug-likeness (QED) is 0.773. The van der Waals surface area contributed by atoms with Crippen LogP contribution in [0.5, 0.6) is 0 Å². The van der Waals surface area contributed by atoms with Gasteiger partial charge in [0.2, 0.25) is 5.91 Å². The predicted octanol–water partition coefficient (Wildman–Crippen LogP) is 3.07. The van der Waals surface area contributed by atoms with Crippen molar-refractivity contribution in [2.45, 2.75) is 26.2 Å². The number of hydrogen-bond donors (Lipinski definition) is 2. The molecule has 0 saturated heterocycles. The van der Waals surface area contributed by atoms with Gasteiger partial charge in [0.05, 0.1) is 23.5 Å². The Morgan fingerprint density at radius 3 is 2.40 bits per heavy atom. The van der Waals surface area contributed by atoms with Crippen LogP contribution in [-0.4, -0.2) is 24.9 Å². The maximum absolute atomic E-state index is 12.7. The fourth-order valence-corrected chi connectivity index (χ4v) is 3.69. The van der Waals surface area contributed by atoms with E-state index in [1.54, 1.807) is 6.92 Å². The summed E-state index contributed by atoms with van der Waals surface area (Å²) < 4.78 is 4.77. The van der Waals surface area contributed by atoms with Crippen LogP contribution >= 0.6 is 11.3 Å². The number of ether oxygens (including phenoxy) is 1. The maximum atomic E-state index is 12.7. The van der Waals surface area contributed by atoms with Crippen LogP contribution in [0.2, 0.25) is 0 Å². The lowest BCUT2D eigenvalue weighted by atomic mass is 9.95. The first kappa shape index (κ1) is 18.7. The molecule has 1 atom stereocenters. The van der Waals surface area contributed by atoms with E-state index in [-0.39, 0.29) is 27.3 Å². The third-order valence-corrected chi connectivity index (χ3v) is 5.15. The van der Waals surface area contributed by atoms with E-state index in [0.29, 0.717) is 12.0 Å². The number of methoxy groups -OCH3 is 1. The molecule has 0 aliphatic rings. The van der Waals surface area contributed by atoms with Gasteiger partial charge in [-0.3, -0.25) is 9.59 Å². The van der Waals surface area contributed by atoms with Crippen molar-refractivity contribution >= 4 is 34.1 Å². The molecule has 1 aromatic heterocycles. The van der Waals surface area contributed by atoms with Crippen molar-refractivity contribution in [1.29, 1.82) is 0 Å². The van der Waals surface area contributed by atoms with Gasteiger partial charge in [0.25, 0.3) is 5.91 Å². The third kappa shape index (κ3) is 3.88. The second kappa shape index (κ2) is 7.94. The molecule has 3 N–H and O–H groups in total. The highest BCUT2D eigenvalue weighted by Gasteiger charge is 2.27. The largest absolute Gasteiger partial charge is 0.465 e. The number of nitrogens with two attached hydrogens (primary N) is 1. The summed E-state index contributed by atoms with van der Waals surface area (Å²) in [5, 5.41) is 3.04. The number of anilines is 1. The fraction of sp³-hybridized carbons (Fsp3) is 0.278. The van der Waals surface area contributed by atoms with Crippen molar-refractivity contribution in [2.24, 2.45) is 5.73 Å². The molecular weight excluding hydrogens is 340 g/mol. The zero-order valence-electron chi connectivity index (χ0n) is 14.3. The van der Waals surface area contributed by atoms with Crippen LogP contribution in [0.1, 0.15) is 50.4 Å². The first-order valence-electron chi connectivity index (χ1n) is 7.78. The molecule has 2 aromatic rings. The summed E-state index contributed by atoms with van der Waals surface area (Å²) in [6.07, 6.45) is 0.594. The Morgan fingerprint density at radius 1 is 1.24 bits per heavy atom. The monoisotopic (exact) mass is 360 g/mol. The van der Waals surface area contributed by atoms with Crippen LogP contribution in [0.4, 0.5) is 5.00 Å². The number of rotatable bonds is 6. The maximum Gasteiger partial charge on any atom is 0.341 e. The first-order chi connectivity index (χ1) is 11.9. The van der Waals surface area contributed by atoms with Crippen molar-refractivity contribution in [3.8, 4) is 0 Å². The molecule has 25 heavy (non-hydrogen) atoms. The Kier molecular flexibility index (Phi) is 5.93. The Labute approximate surface area is 150 Å². The number of esters is 1. The van der Waals surface area contributed by atoms with Gasteiger partial charge >= 0.3 is 5.97 Å². The minimum absolute atomic E-state index is 0.164. The van der Waals surface area contributed by atoms with Crippen LogP contribution in [0, 0.1) is 6.92 Å². The number of carbonyl (C=O) groups is 3. The SMILES string of the molecule is CC[C@H](C(=O)Nc1sc(C(N)=O)c(C)c1C(=O)OC)c1ccccc1. The fourth-order valence-electron chi connectivity index (χ4n) is 2.64. The van der Waals surface area contributed by atoms with E-state index in [2.05, 4.69) is 5.32 Å². The van der Waals surface area contributed by atoms with Crippen molar-refractivity contribution in [3.63, 3.8) is 0 Å². The molecule has 0 unspecified atom stereocenters. The van der Waals surface area contributed by atoms with Crippen LogP contribution in [0.3, 0.4) is 0 Å². The van der Waals surface area contributed by atoms with Gasteiger partial charge in [-0.1, -0.05) is 37.3 Å². The molecule has 0 radical (unpaired) electrons. The van der Waals surface area contributed by atoms with E-state index < -0.39 is 11.9 Å². The summed E-state index contributed by atoms with van der Waals surface area (Å²) in [4.78, 5) is 36.6. The van der Waals surface area contributed by atoms with Crippen LogP contribution in [-0.2, 0) is 9.53 Å². The lowest BCUT2D eigenvalue weighted by Crippen LogP contribution is -2.21. The van der Waals surface area contributed by atoms with Gasteiger partial charge in [0.1, 0.15) is 5.00 Å². The van der Waals surface area contributed by atoms with Gasteiger partial charge in [-0.25, -0.2) is 4.79 Å². The molecule has 7 heteroatoms. The lowest BCUT2D eigenvalue weighted by Gasteiger charge is -2.15. The van der Waals surface area contributed by atoms with E-state index in [1.807, 2.05) is 37.3 Å². The van der Waals surface area contributed by atoms with Crippen molar-refractivity contribution in [2.75, 3.05) is 12.4 Å². The number of thiophene rings is 1. The number of nitrogens with one attached hydrogen (secondary N) is 1. The van der Waals surface area contributed by atoms with Gasteiger partial charge in [-0.15, -0.1) is 11.3 Å². The smallest absolute Gasteiger partial charge is 0.341 e. The zero-order chi connectivity index (χ0) is 18.6. The van der Waals surface area contributed by atoms with Gasteiger partial charge in [-0.2, -0.15) is 0 Å². The molecule has 2 rings (SSSR count). The second-order valence-electron chi connectivity index (χ2n) is 5.48. The minimum Gasteiger partial charge on any atom is -0.465 e. The minimum atomic E-state index is -0.650. The molecule has 1 heterocycles. The topological polar surface area (TPSA) is 98.5 Å². The van der Waals surface area contributed by atoms with Crippen LogP contribution < -0.4 is 11.1 Å². The van der Waals surface area contributed by atoms with E-state index >= 15 is 0 Å². The highest BCUT2D eigenvalue weighted by Crippen LogP contribution is 2.34. The van der Waals surface area contributed by atoms with Crippen LogP contribution in [0.15, 0.2) is 30.3 Å². The molecule has 0 aliphatic heterocycles. The molecule has 1 aromatic carbocycles. The van der Waals surface area contributed by atoms with Gasteiger partial charge < -0.3 is 15.8 Å². The molecular formula is C18H20N2O4S. The third-order valence-electron chi connectivity index (χ3n) is 3.92. The number of carbonyl (C=O) groups excluding carboxylic acids is 3. The standard InChI is InChI=1S/C18H20N2O4S/c1-4-12(11-8-6-5-7-9-11)16(22)20-17-13(18(23)24-3)10(2)14(25-17)15(19)21/h5-9,12H,4H2,1-3H3,(H2,19,21)(H,20,22)/t12-/m0/s1. The van der Waals surface area contributed by atoms with Crippen molar-refractivity contribution in [3.05, 3.63) is 51.9 Å². The molecule has 6 nitrogen and oxygen atoms in total. The Hall–Kier alpha value is -2.67. The number of primary amides is 1. The Morgan fingerprint density at radius 2 is 1.88 bits per heavy atom. The molecule has 0 saturated carbocycles. The highest BCUT2D eigenvalue weighted by molar-refractivity contribution is 7.18. The van der Waals surface area contributed by atoms with Gasteiger partial charge in [0.15, 0.2) is 0 Å². The van der Waals surface area contributed by atoms with Gasteiger partial charge in [0, 0.05) is 0 Å². The predicted molar refractivity (Wildman–Crippen MR) is 97.0 cm³/mol. The van der Waals surface area contributed by atoms with Crippen LogP contribution in [0.25, 0.3) is 0 Å². The second-order valence-corrected chi connectivity index (χ2v) is 6.50. The van der Waals surface area contributed by atoms with Crippen molar-refractivity contribution < 1.29 is 19.1 Å². The van der Waals surface area contributed by atoms with Gasteiger partial charge in [-0.05, 0) is 24.5 Å². The Bertz CT molecular complexity index is 799. The highest BCUT2D eigenvalue weighted by atomic mass is 32.1. The summed E-state index contributed by atoms with van der Waals surface area (Å²) in [6, 6.07) is 9.37. The van der Waals surface area contributed by atoms with Crippen molar-refractivity contribution in [1.82, 2.24) is 0 Å². The number of amides is 2. The first-order valence-corrected chi connectivity index (χ1v) is 8.59. The number of hydrogen-bond acceptors (Lipinski definition) is 5. The van der Waals surface area contributed by atoms with E-state index in [9.17, 15) is 14.4 Å². The summed E-state index contributed by atoms with van der Waals surface area (Å²) in [5.41, 5.74) is 6.81. The summed E-state index contributed by atoms with van der Waals surface area (Å²) in [6.45, 7) is 3.51. The molecule has 2 amide bonds. The Balaban J connectivity index is 2.38. The molecule has 0 aliphatic carbocycles. The summed E-state index contributed by atoms with van der Waals surface area (Å²) >= 11 is 0.982. The molecule has 0 bridgehead atoms. The normalized spacial score (nSPS) is 11.6. The molecule has 0 spiro atoms. The number of benzene rings is 1. The van der Waals surface area contributed by atoms with E-state index in [0.717, 1.165) is 16.9 Å². The zero-order valence-corrected chi connectivity index (χ0v) is 15.1. The van der Waals surface area contributed by atoms with E-state index in [4.69, 9.17) is 10.5 Å². The van der Waals surface area contributed by atoms with E-state index in [1.165, 1.54) is 7.11 Å². The summed E-state index contributed by atoms with van der Waals surface area (Å²) in [5.74, 6) is -1.89. The lowest BCUT2D eigenvalue weighted by molar-refractivity contribution is -0.117. The average molecular weight is 360 g/mol. The average Bonchev–Trinajstić information content (AvgIpc) is 2.92. The molecule has 132 valence electrons.